The molecular weight excluding hydrogens is 234 g/mol. The number of hydrogen-bond donors (Lipinski definition) is 1. The van der Waals surface area contributed by atoms with Crippen molar-refractivity contribution in [2.75, 3.05) is 13.7 Å². The first-order valence-corrected chi connectivity index (χ1v) is 7.09. The molecule has 0 atom stereocenters. The van der Waals surface area contributed by atoms with Gasteiger partial charge in [0.1, 0.15) is 0 Å². The molecule has 0 aromatic heterocycles. The van der Waals surface area contributed by atoms with Crippen molar-refractivity contribution in [2.24, 2.45) is 0 Å². The summed E-state index contributed by atoms with van der Waals surface area (Å²) in [6.45, 7) is 1.76. The van der Waals surface area contributed by atoms with Crippen LogP contribution in [0.25, 0.3) is 10.8 Å². The summed E-state index contributed by atoms with van der Waals surface area (Å²) in [6, 6.07) is 14.0. The maximum atomic E-state index is 5.19. The van der Waals surface area contributed by atoms with Gasteiger partial charge >= 0.3 is 0 Å². The molecule has 1 aliphatic carbocycles. The molecule has 0 heterocycles. The first-order valence-electron chi connectivity index (χ1n) is 7.09. The van der Waals surface area contributed by atoms with E-state index in [0.29, 0.717) is 0 Å². The maximum absolute atomic E-state index is 5.19. The first kappa shape index (κ1) is 12.6. The lowest BCUT2D eigenvalue weighted by Crippen LogP contribution is -2.15. The fraction of sp³-hybridized carbons (Fsp3) is 0.412. The van der Waals surface area contributed by atoms with Gasteiger partial charge in [-0.1, -0.05) is 36.4 Å². The Labute approximate surface area is 114 Å². The first-order chi connectivity index (χ1) is 9.36. The maximum Gasteiger partial charge on any atom is 0.0502 e. The van der Waals surface area contributed by atoms with Gasteiger partial charge < -0.3 is 10.1 Å². The van der Waals surface area contributed by atoms with Gasteiger partial charge in [0.25, 0.3) is 0 Å². The molecule has 0 saturated heterocycles. The summed E-state index contributed by atoms with van der Waals surface area (Å²) in [6.07, 6.45) is 3.65. The molecule has 1 N–H and O–H groups in total. The highest BCUT2D eigenvalue weighted by Gasteiger charge is 2.20. The average molecular weight is 255 g/mol. The van der Waals surface area contributed by atoms with E-state index in [1.54, 1.807) is 7.11 Å². The van der Waals surface area contributed by atoms with E-state index in [4.69, 9.17) is 4.74 Å². The second kappa shape index (κ2) is 5.72. The van der Waals surface area contributed by atoms with Crippen molar-refractivity contribution in [1.29, 1.82) is 0 Å². The molecule has 0 aliphatic heterocycles. The highest BCUT2D eigenvalue weighted by Crippen LogP contribution is 2.24. The van der Waals surface area contributed by atoms with Crippen molar-refractivity contribution in [2.45, 2.75) is 31.8 Å². The topological polar surface area (TPSA) is 21.3 Å². The predicted octanol–water partition coefficient (Wildman–Crippen LogP) is 3.28. The molecular formula is C17H21NO. The van der Waals surface area contributed by atoms with Gasteiger partial charge in [-0.05, 0) is 41.2 Å². The standard InChI is InChI=1S/C17H21NO/c1-19-9-8-13-10-14-4-2-3-5-17(14)15(11-13)12-18-16-6-7-16/h2-5,10-11,16,18H,6-9,12H2,1H3. The summed E-state index contributed by atoms with van der Waals surface area (Å²) in [4.78, 5) is 0. The molecule has 100 valence electrons. The minimum atomic E-state index is 0.751. The Hall–Kier alpha value is -1.38. The molecule has 2 nitrogen and oxygen atoms in total. The van der Waals surface area contributed by atoms with Gasteiger partial charge in [-0.2, -0.15) is 0 Å². The summed E-state index contributed by atoms with van der Waals surface area (Å²) in [5.41, 5.74) is 2.78. The molecule has 0 radical (unpaired) electrons. The third-order valence-corrected chi connectivity index (χ3v) is 3.76. The van der Waals surface area contributed by atoms with Gasteiger partial charge in [0.05, 0.1) is 6.61 Å². The van der Waals surface area contributed by atoms with Crippen LogP contribution >= 0.6 is 0 Å². The van der Waals surface area contributed by atoms with Gasteiger partial charge in [0.15, 0.2) is 0 Å². The van der Waals surface area contributed by atoms with Gasteiger partial charge in [-0.15, -0.1) is 0 Å². The van der Waals surface area contributed by atoms with E-state index in [2.05, 4.69) is 41.7 Å². The SMILES string of the molecule is COCCc1cc(CNC2CC2)c2ccccc2c1. The second-order valence-corrected chi connectivity index (χ2v) is 5.37. The molecule has 1 fully saturated rings. The van der Waals surface area contributed by atoms with Gasteiger partial charge in [0.2, 0.25) is 0 Å². The van der Waals surface area contributed by atoms with Crippen LogP contribution in [0.5, 0.6) is 0 Å². The molecule has 2 heteroatoms. The Kier molecular flexibility index (Phi) is 3.81. The van der Waals surface area contributed by atoms with E-state index < -0.39 is 0 Å². The van der Waals surface area contributed by atoms with Crippen molar-refractivity contribution in [3.05, 3.63) is 47.5 Å². The van der Waals surface area contributed by atoms with Crippen molar-refractivity contribution in [3.63, 3.8) is 0 Å². The van der Waals surface area contributed by atoms with E-state index in [0.717, 1.165) is 25.6 Å². The smallest absolute Gasteiger partial charge is 0.0502 e. The third kappa shape index (κ3) is 3.14. The monoisotopic (exact) mass is 255 g/mol. The van der Waals surface area contributed by atoms with Gasteiger partial charge in [-0.25, -0.2) is 0 Å². The Morgan fingerprint density at radius 2 is 2.05 bits per heavy atom. The number of methoxy groups -OCH3 is 1. The summed E-state index contributed by atoms with van der Waals surface area (Å²) in [7, 11) is 1.76. The summed E-state index contributed by atoms with van der Waals surface area (Å²) in [5.74, 6) is 0. The van der Waals surface area contributed by atoms with E-state index in [9.17, 15) is 0 Å². The van der Waals surface area contributed by atoms with Crippen LogP contribution < -0.4 is 5.32 Å². The number of benzene rings is 2. The molecule has 0 unspecified atom stereocenters. The molecule has 0 bridgehead atoms. The van der Waals surface area contributed by atoms with Crippen molar-refractivity contribution in [1.82, 2.24) is 5.32 Å². The molecule has 1 saturated carbocycles. The zero-order valence-corrected chi connectivity index (χ0v) is 11.5. The van der Waals surface area contributed by atoms with E-state index in [-0.39, 0.29) is 0 Å². The Morgan fingerprint density at radius 1 is 1.21 bits per heavy atom. The summed E-state index contributed by atoms with van der Waals surface area (Å²) in [5, 5.41) is 6.33. The summed E-state index contributed by atoms with van der Waals surface area (Å²) < 4.78 is 5.19. The zero-order chi connectivity index (χ0) is 13.1. The number of fused-ring (bicyclic) bond motifs is 1. The van der Waals surface area contributed by atoms with Crippen LogP contribution in [0.15, 0.2) is 36.4 Å². The van der Waals surface area contributed by atoms with Gasteiger partial charge in [0, 0.05) is 19.7 Å². The normalized spacial score (nSPS) is 15.0. The molecule has 3 rings (SSSR count). The molecule has 2 aromatic rings. The van der Waals surface area contributed by atoms with Gasteiger partial charge in [-0.3, -0.25) is 0 Å². The Morgan fingerprint density at radius 3 is 2.84 bits per heavy atom. The van der Waals surface area contributed by atoms with Crippen molar-refractivity contribution < 1.29 is 4.74 Å². The van der Waals surface area contributed by atoms with Crippen LogP contribution in [0.1, 0.15) is 24.0 Å². The van der Waals surface area contributed by atoms with Crippen LogP contribution in [0.4, 0.5) is 0 Å². The van der Waals surface area contributed by atoms with E-state index in [1.807, 2.05) is 0 Å². The lowest BCUT2D eigenvalue weighted by Gasteiger charge is -2.11. The van der Waals surface area contributed by atoms with Crippen LogP contribution in [0.3, 0.4) is 0 Å². The largest absolute Gasteiger partial charge is 0.384 e. The molecule has 0 amide bonds. The molecule has 19 heavy (non-hydrogen) atoms. The number of ether oxygens (including phenoxy) is 1. The Balaban J connectivity index is 1.90. The number of rotatable bonds is 6. The van der Waals surface area contributed by atoms with E-state index in [1.165, 1.54) is 34.7 Å². The molecule has 0 spiro atoms. The van der Waals surface area contributed by atoms with Crippen molar-refractivity contribution >= 4 is 10.8 Å². The van der Waals surface area contributed by atoms with Crippen LogP contribution in [0.2, 0.25) is 0 Å². The lowest BCUT2D eigenvalue weighted by atomic mass is 9.99. The Bertz CT molecular complexity index is 560. The fourth-order valence-corrected chi connectivity index (χ4v) is 2.51. The molecule has 1 aliphatic rings. The zero-order valence-electron chi connectivity index (χ0n) is 11.5. The van der Waals surface area contributed by atoms with Crippen molar-refractivity contribution in [3.8, 4) is 0 Å². The highest BCUT2D eigenvalue weighted by atomic mass is 16.5. The minimum Gasteiger partial charge on any atom is -0.384 e. The van der Waals surface area contributed by atoms with E-state index >= 15 is 0 Å². The van der Waals surface area contributed by atoms with Crippen LogP contribution in [0, 0.1) is 0 Å². The van der Waals surface area contributed by atoms with Crippen LogP contribution in [-0.4, -0.2) is 19.8 Å². The predicted molar refractivity (Wildman–Crippen MR) is 79.4 cm³/mol. The quantitative estimate of drug-likeness (QED) is 0.855. The minimum absolute atomic E-state index is 0.751. The average Bonchev–Trinajstić information content (AvgIpc) is 3.26. The third-order valence-electron chi connectivity index (χ3n) is 3.76. The summed E-state index contributed by atoms with van der Waals surface area (Å²) >= 11 is 0. The lowest BCUT2D eigenvalue weighted by molar-refractivity contribution is 0.202. The number of nitrogens with one attached hydrogen (secondary N) is 1. The molecule has 2 aromatic carbocycles. The van der Waals surface area contributed by atoms with Crippen LogP contribution in [-0.2, 0) is 17.7 Å². The highest BCUT2D eigenvalue weighted by molar-refractivity contribution is 5.86. The fourth-order valence-electron chi connectivity index (χ4n) is 2.51. The number of hydrogen-bond acceptors (Lipinski definition) is 2. The second-order valence-electron chi connectivity index (χ2n) is 5.37.